The van der Waals surface area contributed by atoms with Crippen LogP contribution in [0, 0.1) is 0 Å². The van der Waals surface area contributed by atoms with Gasteiger partial charge in [0.1, 0.15) is 0 Å². The molecule has 0 saturated carbocycles. The van der Waals surface area contributed by atoms with Crippen LogP contribution in [0.1, 0.15) is 24.3 Å². The minimum absolute atomic E-state index is 0.378. The van der Waals surface area contributed by atoms with Gasteiger partial charge in [-0.25, -0.2) is 0 Å². The smallest absolute Gasteiger partial charge is 0.175 e. The Balaban J connectivity index is 2.49. The normalized spacial score (nSPS) is 19.7. The van der Waals surface area contributed by atoms with E-state index in [9.17, 15) is 0 Å². The maximum absolute atomic E-state index is 6.38. The van der Waals surface area contributed by atoms with E-state index < -0.39 is 0 Å². The van der Waals surface area contributed by atoms with Crippen LogP contribution in [0.5, 0.6) is 11.5 Å². The minimum atomic E-state index is 0.378. The second kappa shape index (κ2) is 6.13. The van der Waals surface area contributed by atoms with Crippen LogP contribution >= 0.6 is 27.5 Å². The Morgan fingerprint density at radius 3 is 2.61 bits per heavy atom. The van der Waals surface area contributed by atoms with Gasteiger partial charge in [0.2, 0.25) is 0 Å². The van der Waals surface area contributed by atoms with E-state index in [4.69, 9.17) is 21.1 Å². The van der Waals surface area contributed by atoms with Crippen molar-refractivity contribution < 1.29 is 9.47 Å². The van der Waals surface area contributed by atoms with Crippen LogP contribution in [0.3, 0.4) is 0 Å². The molecule has 1 heterocycles. The summed E-state index contributed by atoms with van der Waals surface area (Å²) in [5.74, 6) is 1.83. The summed E-state index contributed by atoms with van der Waals surface area (Å²) in [5.41, 5.74) is 1.05. The molecule has 1 aromatic carbocycles. The first-order valence-corrected chi connectivity index (χ1v) is 7.16. The molecule has 100 valence electrons. The molecule has 2 rings (SSSR count). The lowest BCUT2D eigenvalue weighted by molar-refractivity contribution is 0.343. The third-order valence-electron chi connectivity index (χ3n) is 3.29. The molecular formula is C13H17BrClNO2. The topological polar surface area (TPSA) is 30.5 Å². The van der Waals surface area contributed by atoms with Crippen molar-refractivity contribution >= 4 is 27.5 Å². The van der Waals surface area contributed by atoms with Crippen LogP contribution in [0.15, 0.2) is 10.5 Å². The molecule has 3 nitrogen and oxygen atoms in total. The average molecular weight is 335 g/mol. The Labute approximate surface area is 121 Å². The van der Waals surface area contributed by atoms with E-state index in [0.29, 0.717) is 11.7 Å². The van der Waals surface area contributed by atoms with Crippen molar-refractivity contribution in [2.75, 3.05) is 27.3 Å². The Morgan fingerprint density at radius 2 is 2.06 bits per heavy atom. The fraction of sp³-hybridized carbons (Fsp3) is 0.538. The van der Waals surface area contributed by atoms with E-state index in [2.05, 4.69) is 21.2 Å². The van der Waals surface area contributed by atoms with Crippen molar-refractivity contribution in [1.29, 1.82) is 0 Å². The third kappa shape index (κ3) is 2.60. The second-order valence-electron chi connectivity index (χ2n) is 4.36. The highest BCUT2D eigenvalue weighted by atomic mass is 79.9. The molecule has 0 spiro atoms. The predicted molar refractivity (Wildman–Crippen MR) is 77.1 cm³/mol. The SMILES string of the molecule is COc1c(Br)cc(Cl)c(C2CCCNC2)c1OC. The molecule has 0 aliphatic carbocycles. The van der Waals surface area contributed by atoms with Gasteiger partial charge >= 0.3 is 0 Å². The third-order valence-corrected chi connectivity index (χ3v) is 4.19. The minimum Gasteiger partial charge on any atom is -0.492 e. The van der Waals surface area contributed by atoms with Crippen LogP contribution < -0.4 is 14.8 Å². The highest BCUT2D eigenvalue weighted by Gasteiger charge is 2.25. The number of halogens is 2. The molecule has 1 aliphatic heterocycles. The number of ether oxygens (including phenoxy) is 2. The molecule has 1 atom stereocenters. The average Bonchev–Trinajstić information content (AvgIpc) is 2.38. The van der Waals surface area contributed by atoms with E-state index in [1.807, 2.05) is 6.07 Å². The van der Waals surface area contributed by atoms with Crippen molar-refractivity contribution in [3.63, 3.8) is 0 Å². The summed E-state index contributed by atoms with van der Waals surface area (Å²) in [6.07, 6.45) is 2.27. The van der Waals surface area contributed by atoms with E-state index in [1.54, 1.807) is 14.2 Å². The molecule has 0 bridgehead atoms. The fourth-order valence-electron chi connectivity index (χ4n) is 2.47. The van der Waals surface area contributed by atoms with Gasteiger partial charge in [-0.3, -0.25) is 0 Å². The van der Waals surface area contributed by atoms with Gasteiger partial charge in [0, 0.05) is 23.0 Å². The molecule has 1 fully saturated rings. The van der Waals surface area contributed by atoms with Crippen LogP contribution in [0.2, 0.25) is 5.02 Å². The molecule has 1 aliphatic rings. The van der Waals surface area contributed by atoms with Gasteiger partial charge in [0.15, 0.2) is 11.5 Å². The quantitative estimate of drug-likeness (QED) is 0.916. The molecule has 1 N–H and O–H groups in total. The number of benzene rings is 1. The van der Waals surface area contributed by atoms with Crippen molar-refractivity contribution in [2.24, 2.45) is 0 Å². The summed E-state index contributed by atoms with van der Waals surface area (Å²) in [6, 6.07) is 1.88. The summed E-state index contributed by atoms with van der Waals surface area (Å²) in [5, 5.41) is 4.13. The van der Waals surface area contributed by atoms with Crippen molar-refractivity contribution in [1.82, 2.24) is 5.32 Å². The lowest BCUT2D eigenvalue weighted by Crippen LogP contribution is -2.28. The molecular weight excluding hydrogens is 318 g/mol. The van der Waals surface area contributed by atoms with E-state index in [1.165, 1.54) is 0 Å². The zero-order valence-electron chi connectivity index (χ0n) is 10.6. The van der Waals surface area contributed by atoms with Crippen LogP contribution in [0.4, 0.5) is 0 Å². The van der Waals surface area contributed by atoms with E-state index in [0.717, 1.165) is 46.7 Å². The molecule has 1 unspecified atom stereocenters. The number of nitrogens with one attached hydrogen (secondary N) is 1. The molecule has 0 radical (unpaired) electrons. The first kappa shape index (κ1) is 14.0. The second-order valence-corrected chi connectivity index (χ2v) is 5.63. The maximum Gasteiger partial charge on any atom is 0.175 e. The zero-order chi connectivity index (χ0) is 13.1. The molecule has 1 aromatic rings. The highest BCUT2D eigenvalue weighted by molar-refractivity contribution is 9.10. The summed E-state index contributed by atoms with van der Waals surface area (Å²) in [4.78, 5) is 0. The van der Waals surface area contributed by atoms with Crippen LogP contribution in [0.25, 0.3) is 0 Å². The number of hydrogen-bond acceptors (Lipinski definition) is 3. The standard InChI is InChI=1S/C13H17BrClNO2/c1-17-12-9(14)6-10(15)11(13(12)18-2)8-4-3-5-16-7-8/h6,8,16H,3-5,7H2,1-2H3. The highest BCUT2D eigenvalue weighted by Crippen LogP contribution is 2.46. The van der Waals surface area contributed by atoms with E-state index >= 15 is 0 Å². The molecule has 1 saturated heterocycles. The summed E-state index contributed by atoms with van der Waals surface area (Å²) in [7, 11) is 3.29. The predicted octanol–water partition coefficient (Wildman–Crippen LogP) is 3.59. The van der Waals surface area contributed by atoms with Gasteiger partial charge in [-0.15, -0.1) is 0 Å². The Morgan fingerprint density at radius 1 is 1.33 bits per heavy atom. The lowest BCUT2D eigenvalue weighted by Gasteiger charge is -2.26. The van der Waals surface area contributed by atoms with Crippen LogP contribution in [-0.2, 0) is 0 Å². The number of methoxy groups -OCH3 is 2. The largest absolute Gasteiger partial charge is 0.492 e. The van der Waals surface area contributed by atoms with Crippen molar-refractivity contribution in [3.05, 3.63) is 21.1 Å². The van der Waals surface area contributed by atoms with Gasteiger partial charge < -0.3 is 14.8 Å². The Kier molecular flexibility index (Phi) is 4.76. The first-order chi connectivity index (χ1) is 8.69. The van der Waals surface area contributed by atoms with Gasteiger partial charge in [-0.1, -0.05) is 11.6 Å². The van der Waals surface area contributed by atoms with Crippen LogP contribution in [-0.4, -0.2) is 27.3 Å². The molecule has 18 heavy (non-hydrogen) atoms. The lowest BCUT2D eigenvalue weighted by atomic mass is 9.90. The maximum atomic E-state index is 6.38. The Bertz CT molecular complexity index is 433. The fourth-order valence-corrected chi connectivity index (χ4v) is 3.52. The summed E-state index contributed by atoms with van der Waals surface area (Å²) >= 11 is 9.83. The van der Waals surface area contributed by atoms with Crippen molar-refractivity contribution in [3.8, 4) is 11.5 Å². The zero-order valence-corrected chi connectivity index (χ0v) is 12.9. The number of rotatable bonds is 3. The number of hydrogen-bond donors (Lipinski definition) is 1. The summed E-state index contributed by atoms with van der Waals surface area (Å²) < 4.78 is 11.7. The molecule has 5 heteroatoms. The summed E-state index contributed by atoms with van der Waals surface area (Å²) in [6.45, 7) is 2.00. The molecule has 0 aromatic heterocycles. The van der Waals surface area contributed by atoms with Gasteiger partial charge in [0.25, 0.3) is 0 Å². The first-order valence-electron chi connectivity index (χ1n) is 5.99. The van der Waals surface area contributed by atoms with Gasteiger partial charge in [-0.2, -0.15) is 0 Å². The van der Waals surface area contributed by atoms with Gasteiger partial charge in [0.05, 0.1) is 18.7 Å². The van der Waals surface area contributed by atoms with E-state index in [-0.39, 0.29) is 0 Å². The molecule has 0 amide bonds. The van der Waals surface area contributed by atoms with Crippen molar-refractivity contribution in [2.45, 2.75) is 18.8 Å². The van der Waals surface area contributed by atoms with Gasteiger partial charge in [-0.05, 0) is 41.4 Å². The Hall–Kier alpha value is -0.450. The number of piperidine rings is 1. The monoisotopic (exact) mass is 333 g/mol.